The monoisotopic (exact) mass is 407 g/mol. The van der Waals surface area contributed by atoms with E-state index in [2.05, 4.69) is 0 Å². The number of anilines is 1. The van der Waals surface area contributed by atoms with Gasteiger partial charge in [0.05, 0.1) is 5.02 Å². The van der Waals surface area contributed by atoms with Crippen LogP contribution in [0, 0.1) is 11.6 Å². The summed E-state index contributed by atoms with van der Waals surface area (Å²) in [6.45, 7) is -0.683. The normalized spacial score (nSPS) is 11.1. The van der Waals surface area contributed by atoms with E-state index in [1.165, 1.54) is 23.5 Å². The Balaban J connectivity index is 1.58. The number of halogens is 3. The Morgan fingerprint density at radius 1 is 1.11 bits per heavy atom. The Morgan fingerprint density at radius 3 is 2.52 bits per heavy atom. The van der Waals surface area contributed by atoms with Crippen LogP contribution in [0.15, 0.2) is 48.5 Å². The summed E-state index contributed by atoms with van der Waals surface area (Å²) in [4.78, 5) is 24.1. The number of rotatable bonds is 5. The van der Waals surface area contributed by atoms with E-state index in [1.54, 1.807) is 0 Å². The molecular formula is C19H12ClF2NO3S. The summed E-state index contributed by atoms with van der Waals surface area (Å²) in [6.07, 6.45) is 2.62. The minimum atomic E-state index is -0.922. The van der Waals surface area contributed by atoms with Gasteiger partial charge in [0.2, 0.25) is 0 Å². The zero-order chi connectivity index (χ0) is 19.4. The van der Waals surface area contributed by atoms with Crippen LogP contribution in [0.1, 0.15) is 4.88 Å². The van der Waals surface area contributed by atoms with Crippen molar-refractivity contribution in [3.05, 3.63) is 70.1 Å². The molecule has 0 bridgehead atoms. The van der Waals surface area contributed by atoms with Crippen molar-refractivity contribution in [3.8, 4) is 0 Å². The Bertz CT molecular complexity index is 1030. The highest BCUT2D eigenvalue weighted by molar-refractivity contribution is 7.20. The van der Waals surface area contributed by atoms with Crippen molar-refractivity contribution in [2.75, 3.05) is 11.9 Å². The van der Waals surface area contributed by atoms with Crippen LogP contribution in [0.4, 0.5) is 14.5 Å². The van der Waals surface area contributed by atoms with Crippen LogP contribution in [0.5, 0.6) is 0 Å². The summed E-state index contributed by atoms with van der Waals surface area (Å²) < 4.78 is 32.7. The first kappa shape index (κ1) is 19.0. The van der Waals surface area contributed by atoms with Crippen molar-refractivity contribution in [2.24, 2.45) is 0 Å². The average Bonchev–Trinajstić information content (AvgIpc) is 2.97. The number of para-hydroxylation sites is 1. The van der Waals surface area contributed by atoms with Crippen LogP contribution in [0.3, 0.4) is 0 Å². The second-order valence-electron chi connectivity index (χ2n) is 5.36. The van der Waals surface area contributed by atoms with Gasteiger partial charge in [-0.1, -0.05) is 35.9 Å². The van der Waals surface area contributed by atoms with Crippen molar-refractivity contribution >= 4 is 56.7 Å². The van der Waals surface area contributed by atoms with E-state index in [9.17, 15) is 18.4 Å². The van der Waals surface area contributed by atoms with Gasteiger partial charge in [-0.05, 0) is 24.3 Å². The standard InChI is InChI=1S/C19H12ClF2NO3S/c20-18-11-4-1-2-7-14(11)27-15(18)8-9-17(25)26-10-16(24)23-19-12(21)5-3-6-13(19)22/h1-9H,10H2,(H,23,24)/b9-8+. The van der Waals surface area contributed by atoms with Gasteiger partial charge in [0.1, 0.15) is 17.3 Å². The molecule has 0 fully saturated rings. The quantitative estimate of drug-likeness (QED) is 0.477. The molecule has 138 valence electrons. The Hall–Kier alpha value is -2.77. The molecule has 2 aromatic carbocycles. The zero-order valence-corrected chi connectivity index (χ0v) is 15.2. The van der Waals surface area contributed by atoms with Crippen molar-refractivity contribution in [1.82, 2.24) is 0 Å². The lowest BCUT2D eigenvalue weighted by Gasteiger charge is -2.07. The molecule has 1 N–H and O–H groups in total. The number of thiophene rings is 1. The third-order valence-electron chi connectivity index (χ3n) is 3.50. The SMILES string of the molecule is O=C(COC(=O)/C=C/c1sc2ccccc2c1Cl)Nc1c(F)cccc1F. The molecule has 0 spiro atoms. The number of benzene rings is 2. The number of fused-ring (bicyclic) bond motifs is 1. The second-order valence-corrected chi connectivity index (χ2v) is 6.82. The molecular weight excluding hydrogens is 396 g/mol. The lowest BCUT2D eigenvalue weighted by molar-refractivity contribution is -0.142. The molecule has 1 aromatic heterocycles. The van der Waals surface area contributed by atoms with Crippen LogP contribution in [0.2, 0.25) is 5.02 Å². The summed E-state index contributed by atoms with van der Waals surface area (Å²) in [6, 6.07) is 10.7. The number of carbonyl (C=O) groups excluding carboxylic acids is 2. The van der Waals surface area contributed by atoms with E-state index in [-0.39, 0.29) is 0 Å². The molecule has 8 heteroatoms. The predicted octanol–water partition coefficient (Wildman–Crippen LogP) is 5.03. The van der Waals surface area contributed by atoms with Crippen LogP contribution in [0.25, 0.3) is 16.2 Å². The van der Waals surface area contributed by atoms with Gasteiger partial charge in [-0.25, -0.2) is 13.6 Å². The maximum atomic E-state index is 13.5. The van der Waals surface area contributed by atoms with E-state index >= 15 is 0 Å². The van der Waals surface area contributed by atoms with E-state index in [0.717, 1.165) is 28.3 Å². The second kappa shape index (κ2) is 8.28. The molecule has 27 heavy (non-hydrogen) atoms. The van der Waals surface area contributed by atoms with Gasteiger partial charge in [0, 0.05) is 21.0 Å². The van der Waals surface area contributed by atoms with E-state index in [0.29, 0.717) is 9.90 Å². The highest BCUT2D eigenvalue weighted by Gasteiger charge is 2.13. The van der Waals surface area contributed by atoms with E-state index in [1.807, 2.05) is 29.6 Å². The fraction of sp³-hybridized carbons (Fsp3) is 0.0526. The zero-order valence-electron chi connectivity index (χ0n) is 13.7. The molecule has 0 aliphatic heterocycles. The lowest BCUT2D eigenvalue weighted by atomic mass is 10.2. The summed E-state index contributed by atoms with van der Waals surface area (Å²) in [7, 11) is 0. The number of hydrogen-bond donors (Lipinski definition) is 1. The van der Waals surface area contributed by atoms with Crippen molar-refractivity contribution in [1.29, 1.82) is 0 Å². The maximum absolute atomic E-state index is 13.5. The van der Waals surface area contributed by atoms with Gasteiger partial charge in [-0.2, -0.15) is 0 Å². The Labute approximate surface area is 162 Å². The van der Waals surface area contributed by atoms with Gasteiger partial charge in [0.15, 0.2) is 6.61 Å². The van der Waals surface area contributed by atoms with Crippen LogP contribution in [-0.4, -0.2) is 18.5 Å². The number of esters is 1. The molecule has 4 nitrogen and oxygen atoms in total. The first-order chi connectivity index (χ1) is 13.0. The third-order valence-corrected chi connectivity index (χ3v) is 5.16. The van der Waals surface area contributed by atoms with Gasteiger partial charge in [0.25, 0.3) is 5.91 Å². The van der Waals surface area contributed by atoms with Gasteiger partial charge in [-0.3, -0.25) is 4.79 Å². The topological polar surface area (TPSA) is 55.4 Å². The summed E-state index contributed by atoms with van der Waals surface area (Å²) in [5, 5.41) is 3.42. The Kier molecular flexibility index (Phi) is 5.83. The number of ether oxygens (including phenoxy) is 1. The van der Waals surface area contributed by atoms with Gasteiger partial charge < -0.3 is 10.1 Å². The summed E-state index contributed by atoms with van der Waals surface area (Å²) in [5.74, 6) is -3.49. The highest BCUT2D eigenvalue weighted by atomic mass is 35.5. The molecule has 0 aliphatic rings. The molecule has 1 amide bonds. The average molecular weight is 408 g/mol. The molecule has 3 rings (SSSR count). The molecule has 1 heterocycles. The number of carbonyl (C=O) groups is 2. The van der Waals surface area contributed by atoms with E-state index < -0.39 is 35.8 Å². The van der Waals surface area contributed by atoms with Crippen LogP contribution in [-0.2, 0) is 14.3 Å². The first-order valence-electron chi connectivity index (χ1n) is 7.71. The van der Waals surface area contributed by atoms with Gasteiger partial charge in [-0.15, -0.1) is 11.3 Å². The molecule has 0 unspecified atom stereocenters. The number of amides is 1. The van der Waals surface area contributed by atoms with Crippen molar-refractivity contribution < 1.29 is 23.1 Å². The molecule has 3 aromatic rings. The molecule has 0 atom stereocenters. The summed E-state index contributed by atoms with van der Waals surface area (Å²) >= 11 is 7.67. The molecule has 0 radical (unpaired) electrons. The van der Waals surface area contributed by atoms with Crippen LogP contribution >= 0.6 is 22.9 Å². The predicted molar refractivity (Wildman–Crippen MR) is 102 cm³/mol. The van der Waals surface area contributed by atoms with Crippen LogP contribution < -0.4 is 5.32 Å². The minimum absolute atomic E-state index is 0.521. The van der Waals surface area contributed by atoms with Gasteiger partial charge >= 0.3 is 5.97 Å². The molecule has 0 saturated carbocycles. The fourth-order valence-corrected chi connectivity index (χ4v) is 3.66. The van der Waals surface area contributed by atoms with Crippen molar-refractivity contribution in [3.63, 3.8) is 0 Å². The maximum Gasteiger partial charge on any atom is 0.331 e. The van der Waals surface area contributed by atoms with E-state index in [4.69, 9.17) is 16.3 Å². The largest absolute Gasteiger partial charge is 0.452 e. The minimum Gasteiger partial charge on any atom is -0.452 e. The van der Waals surface area contributed by atoms with Crippen molar-refractivity contribution in [2.45, 2.75) is 0 Å². The number of nitrogens with one attached hydrogen (secondary N) is 1. The third kappa shape index (κ3) is 4.50. The lowest BCUT2D eigenvalue weighted by Crippen LogP contribution is -2.21. The number of hydrogen-bond acceptors (Lipinski definition) is 4. The molecule has 0 saturated heterocycles. The molecule has 0 aliphatic carbocycles. The smallest absolute Gasteiger partial charge is 0.331 e. The Morgan fingerprint density at radius 2 is 1.81 bits per heavy atom. The first-order valence-corrected chi connectivity index (χ1v) is 8.91. The fourth-order valence-electron chi connectivity index (χ4n) is 2.26. The highest BCUT2D eigenvalue weighted by Crippen LogP contribution is 2.35. The summed E-state index contributed by atoms with van der Waals surface area (Å²) in [5.41, 5.74) is -0.592.